The Labute approximate surface area is 180 Å². The topological polar surface area (TPSA) is 67.2 Å². The van der Waals surface area contributed by atoms with E-state index >= 15 is 0 Å². The smallest absolute Gasteiger partial charge is 0.355 e. The number of pyridine rings is 1. The summed E-state index contributed by atoms with van der Waals surface area (Å²) in [6.45, 7) is 1.42. The Kier molecular flexibility index (Phi) is 4.83. The number of piperidine rings is 1. The Morgan fingerprint density at radius 2 is 1.84 bits per heavy atom. The number of hydrogen-bond acceptors (Lipinski definition) is 5. The van der Waals surface area contributed by atoms with Gasteiger partial charge in [0.1, 0.15) is 11.5 Å². The number of halogens is 4. The molecule has 0 radical (unpaired) electrons. The van der Waals surface area contributed by atoms with E-state index in [4.69, 9.17) is 0 Å². The highest BCUT2D eigenvalue weighted by molar-refractivity contribution is 5.98. The molecule has 2 aliphatic heterocycles. The minimum Gasteiger partial charge on any atom is -0.355 e. The molecule has 1 amide bonds. The summed E-state index contributed by atoms with van der Waals surface area (Å²) in [6.07, 6.45) is 0.193. The summed E-state index contributed by atoms with van der Waals surface area (Å²) in [6, 6.07) is 5.97. The van der Waals surface area contributed by atoms with E-state index in [1.807, 2.05) is 0 Å². The molecule has 11 heteroatoms. The first-order valence-corrected chi connectivity index (χ1v) is 10.1. The van der Waals surface area contributed by atoms with Gasteiger partial charge in [0.25, 0.3) is 5.91 Å². The van der Waals surface area contributed by atoms with Crippen LogP contribution in [0.1, 0.15) is 22.3 Å². The zero-order valence-corrected chi connectivity index (χ0v) is 16.7. The zero-order valence-electron chi connectivity index (χ0n) is 16.7. The molecule has 3 aromatic rings. The number of amides is 1. The molecule has 2 atom stereocenters. The predicted octanol–water partition coefficient (Wildman–Crippen LogP) is 3.17. The lowest BCUT2D eigenvalue weighted by atomic mass is 9.81. The van der Waals surface area contributed by atoms with Gasteiger partial charge < -0.3 is 9.80 Å². The highest BCUT2D eigenvalue weighted by Crippen LogP contribution is 2.37. The number of benzene rings is 1. The number of fused-ring (bicyclic) bond motifs is 1. The number of aromatic nitrogens is 4. The van der Waals surface area contributed by atoms with Crippen LogP contribution in [0.3, 0.4) is 0 Å². The van der Waals surface area contributed by atoms with Gasteiger partial charge in [-0.2, -0.15) is 23.4 Å². The highest BCUT2D eigenvalue weighted by Gasteiger charge is 2.46. The van der Waals surface area contributed by atoms with Gasteiger partial charge in [0, 0.05) is 31.7 Å². The van der Waals surface area contributed by atoms with Crippen molar-refractivity contribution >= 4 is 11.7 Å². The molecule has 2 saturated heterocycles. The first kappa shape index (κ1) is 20.4. The molecule has 0 N–H and O–H groups in total. The molecule has 2 aromatic heterocycles. The van der Waals surface area contributed by atoms with Crippen molar-refractivity contribution in [2.45, 2.75) is 18.6 Å². The fourth-order valence-electron chi connectivity index (χ4n) is 4.38. The minimum atomic E-state index is -4.46. The van der Waals surface area contributed by atoms with Crippen molar-refractivity contribution in [3.05, 3.63) is 65.9 Å². The molecule has 2 aliphatic rings. The van der Waals surface area contributed by atoms with E-state index in [1.165, 1.54) is 30.6 Å². The van der Waals surface area contributed by atoms with E-state index in [9.17, 15) is 22.4 Å². The monoisotopic (exact) mass is 446 g/mol. The summed E-state index contributed by atoms with van der Waals surface area (Å²) in [7, 11) is 0. The Bertz CT molecular complexity index is 1150. The highest BCUT2D eigenvalue weighted by atomic mass is 19.4. The van der Waals surface area contributed by atoms with Crippen molar-refractivity contribution in [2.24, 2.45) is 5.92 Å². The third-order valence-electron chi connectivity index (χ3n) is 6.05. The maximum Gasteiger partial charge on any atom is 0.416 e. The maximum atomic E-state index is 14.5. The van der Waals surface area contributed by atoms with Gasteiger partial charge in [-0.25, -0.2) is 9.37 Å². The summed E-state index contributed by atoms with van der Waals surface area (Å²) >= 11 is 0. The summed E-state index contributed by atoms with van der Waals surface area (Å²) in [4.78, 5) is 21.8. The lowest BCUT2D eigenvalue weighted by Crippen LogP contribution is -2.66. The van der Waals surface area contributed by atoms with E-state index in [0.29, 0.717) is 19.6 Å². The number of carbonyl (C=O) groups excluding carboxylic acids is 1. The summed E-state index contributed by atoms with van der Waals surface area (Å²) < 4.78 is 53.8. The van der Waals surface area contributed by atoms with Crippen molar-refractivity contribution in [3.8, 4) is 5.69 Å². The molecule has 32 heavy (non-hydrogen) atoms. The molecular weight excluding hydrogens is 428 g/mol. The van der Waals surface area contributed by atoms with E-state index in [2.05, 4.69) is 15.2 Å². The molecule has 2 unspecified atom stereocenters. The van der Waals surface area contributed by atoms with Crippen molar-refractivity contribution in [3.63, 3.8) is 0 Å². The van der Waals surface area contributed by atoms with Crippen molar-refractivity contribution in [1.29, 1.82) is 0 Å². The number of likely N-dealkylation sites (tertiary alicyclic amines) is 1. The van der Waals surface area contributed by atoms with Crippen LogP contribution < -0.4 is 4.90 Å². The van der Waals surface area contributed by atoms with Crippen LogP contribution in [0.15, 0.2) is 48.9 Å². The lowest BCUT2D eigenvalue weighted by molar-refractivity contribution is -0.137. The molecule has 166 valence electrons. The van der Waals surface area contributed by atoms with E-state index in [-0.39, 0.29) is 34.9 Å². The Balaban J connectivity index is 1.39. The van der Waals surface area contributed by atoms with Gasteiger partial charge in [-0.3, -0.25) is 4.79 Å². The van der Waals surface area contributed by atoms with Gasteiger partial charge in [0.05, 0.1) is 29.6 Å². The molecule has 7 nitrogen and oxygen atoms in total. The fourth-order valence-corrected chi connectivity index (χ4v) is 4.38. The van der Waals surface area contributed by atoms with Crippen molar-refractivity contribution < 1.29 is 22.4 Å². The number of alkyl halides is 3. The number of hydrogen-bond donors (Lipinski definition) is 0. The Hall–Kier alpha value is -3.50. The molecule has 0 bridgehead atoms. The number of carbonyl (C=O) groups is 1. The zero-order chi connectivity index (χ0) is 22.5. The quantitative estimate of drug-likeness (QED) is 0.579. The lowest BCUT2D eigenvalue weighted by Gasteiger charge is -2.53. The summed E-state index contributed by atoms with van der Waals surface area (Å²) in [5.74, 6) is -0.523. The van der Waals surface area contributed by atoms with Crippen LogP contribution in [0.5, 0.6) is 0 Å². The Morgan fingerprint density at radius 1 is 1.06 bits per heavy atom. The molecule has 1 aromatic carbocycles. The van der Waals surface area contributed by atoms with Crippen LogP contribution in [0.4, 0.5) is 23.4 Å². The average molecular weight is 446 g/mol. The van der Waals surface area contributed by atoms with Crippen LogP contribution in [0.25, 0.3) is 5.69 Å². The molecule has 2 fully saturated rings. The predicted molar refractivity (Wildman–Crippen MR) is 106 cm³/mol. The first-order valence-electron chi connectivity index (χ1n) is 10.1. The van der Waals surface area contributed by atoms with E-state index in [0.717, 1.165) is 29.5 Å². The Morgan fingerprint density at radius 3 is 2.59 bits per heavy atom. The number of nitrogens with zero attached hydrogens (tertiary/aromatic N) is 6. The largest absolute Gasteiger partial charge is 0.416 e. The minimum absolute atomic E-state index is 0.0295. The van der Waals surface area contributed by atoms with Gasteiger partial charge in [-0.05, 0) is 30.7 Å². The first-order chi connectivity index (χ1) is 15.3. The third-order valence-corrected chi connectivity index (χ3v) is 6.05. The SMILES string of the molecule is O=C(c1cccc(F)c1-n1nccn1)N1CC2CCN(c3cc(C(F)(F)F)ccn3)CC21. The molecule has 0 aliphatic carbocycles. The maximum absolute atomic E-state index is 14.5. The van der Waals surface area contributed by atoms with Gasteiger partial charge in [0.2, 0.25) is 0 Å². The van der Waals surface area contributed by atoms with Crippen LogP contribution >= 0.6 is 0 Å². The number of rotatable bonds is 3. The van der Waals surface area contributed by atoms with E-state index < -0.39 is 17.6 Å². The molecule has 5 rings (SSSR count). The second-order valence-corrected chi connectivity index (χ2v) is 7.87. The normalized spacial score (nSPS) is 20.6. The third kappa shape index (κ3) is 3.47. The van der Waals surface area contributed by atoms with Crippen molar-refractivity contribution in [1.82, 2.24) is 24.9 Å². The second kappa shape index (κ2) is 7.57. The molecule has 0 saturated carbocycles. The van der Waals surface area contributed by atoms with E-state index in [1.54, 1.807) is 9.80 Å². The van der Waals surface area contributed by atoms with Crippen LogP contribution in [0, 0.1) is 11.7 Å². The average Bonchev–Trinajstić information content (AvgIpc) is 3.28. The second-order valence-electron chi connectivity index (χ2n) is 7.87. The van der Waals surface area contributed by atoms with Gasteiger partial charge >= 0.3 is 6.18 Å². The van der Waals surface area contributed by atoms with Crippen molar-refractivity contribution in [2.75, 3.05) is 24.5 Å². The fraction of sp³-hybridized carbons (Fsp3) is 0.333. The van der Waals surface area contributed by atoms with Gasteiger partial charge in [0.15, 0.2) is 5.82 Å². The molecule has 0 spiro atoms. The van der Waals surface area contributed by atoms with Gasteiger partial charge in [-0.1, -0.05) is 6.07 Å². The molecule has 4 heterocycles. The number of para-hydroxylation sites is 1. The number of anilines is 1. The summed E-state index contributed by atoms with van der Waals surface area (Å²) in [5.41, 5.74) is -0.658. The standard InChI is InChI=1S/C21H18F4N6O/c22-16-3-1-2-15(19(16)31-27-7-8-28-31)20(32)30-11-13-5-9-29(12-17(13)30)18-10-14(4-6-26-18)21(23,24)25/h1-4,6-8,10,13,17H,5,9,11-12H2. The van der Waals surface area contributed by atoms with Crippen LogP contribution in [-0.4, -0.2) is 56.5 Å². The van der Waals surface area contributed by atoms with Gasteiger partial charge in [-0.15, -0.1) is 4.80 Å². The summed E-state index contributed by atoms with van der Waals surface area (Å²) in [5, 5.41) is 7.88. The van der Waals surface area contributed by atoms with Crippen LogP contribution in [0.2, 0.25) is 0 Å². The van der Waals surface area contributed by atoms with Crippen LogP contribution in [-0.2, 0) is 6.18 Å². The molecular formula is C21H18F4N6O.